The third-order valence-electron chi connectivity index (χ3n) is 7.85. The van der Waals surface area contributed by atoms with Gasteiger partial charge in [0.05, 0.1) is 11.2 Å². The first-order valence-corrected chi connectivity index (χ1v) is 10.2. The van der Waals surface area contributed by atoms with Crippen LogP contribution < -0.4 is 0 Å². The van der Waals surface area contributed by atoms with Crippen LogP contribution in [0.4, 0.5) is 13.2 Å². The summed E-state index contributed by atoms with van der Waals surface area (Å²) in [4.78, 5) is 0. The van der Waals surface area contributed by atoms with E-state index < -0.39 is 41.3 Å². The average molecular weight is 386 g/mol. The highest BCUT2D eigenvalue weighted by molar-refractivity contribution is 6.53. The lowest BCUT2D eigenvalue weighted by atomic mass is 9.74. The minimum Gasteiger partial charge on any atom is -0.398 e. The van der Waals surface area contributed by atoms with Gasteiger partial charge in [0.1, 0.15) is 5.73 Å². The van der Waals surface area contributed by atoms with E-state index in [1.54, 1.807) is 0 Å². The first kappa shape index (κ1) is 19.8. The smallest absolute Gasteiger partial charge is 0.398 e. The summed E-state index contributed by atoms with van der Waals surface area (Å²) in [5.41, 5.74) is -1.97. The lowest BCUT2D eigenvalue weighted by Gasteiger charge is -2.32. The van der Waals surface area contributed by atoms with Gasteiger partial charge >= 0.3 is 7.12 Å². The molecule has 1 unspecified atom stereocenters. The highest BCUT2D eigenvalue weighted by Crippen LogP contribution is 2.75. The minimum atomic E-state index is -2.62. The third-order valence-corrected chi connectivity index (χ3v) is 7.85. The zero-order valence-corrected chi connectivity index (χ0v) is 16.7. The Morgan fingerprint density at radius 1 is 0.963 bits per heavy atom. The Bertz CT molecular complexity index is 614. The fraction of sp³-hybridized carbons (Fsp3) is 0.900. The monoisotopic (exact) mass is 386 g/mol. The van der Waals surface area contributed by atoms with Gasteiger partial charge in [-0.05, 0) is 77.7 Å². The molecular weight excluding hydrogens is 356 g/mol. The van der Waals surface area contributed by atoms with Crippen LogP contribution in [0.3, 0.4) is 0 Å². The van der Waals surface area contributed by atoms with E-state index in [-0.39, 0.29) is 5.92 Å². The molecule has 0 aromatic heterocycles. The van der Waals surface area contributed by atoms with Crippen molar-refractivity contribution in [2.24, 2.45) is 17.3 Å². The number of hydrogen-bond acceptors (Lipinski definition) is 3. The molecule has 27 heavy (non-hydrogen) atoms. The molecule has 4 rings (SSSR count). The largest absolute Gasteiger partial charge is 0.525 e. The number of allylic oxidation sites excluding steroid dienone is 1. The molecule has 0 radical (unpaired) electrons. The molecule has 2 aliphatic carbocycles. The minimum absolute atomic E-state index is 0.0345. The lowest BCUT2D eigenvalue weighted by Crippen LogP contribution is -2.41. The highest BCUT2D eigenvalue weighted by atomic mass is 19.3. The predicted octanol–water partition coefficient (Wildman–Crippen LogP) is 5.09. The molecule has 2 saturated heterocycles. The summed E-state index contributed by atoms with van der Waals surface area (Å²) in [5.74, 6) is -3.15. The second-order valence-corrected chi connectivity index (χ2v) is 9.75. The van der Waals surface area contributed by atoms with Crippen molar-refractivity contribution >= 4 is 7.12 Å². The average Bonchev–Trinajstić information content (AvgIpc) is 2.96. The summed E-state index contributed by atoms with van der Waals surface area (Å²) in [6.07, 6.45) is 2.87. The van der Waals surface area contributed by atoms with E-state index in [4.69, 9.17) is 14.0 Å². The van der Waals surface area contributed by atoms with Crippen LogP contribution in [0.2, 0.25) is 0 Å². The third kappa shape index (κ3) is 2.91. The normalized spacial score (nSPS) is 37.7. The van der Waals surface area contributed by atoms with Crippen molar-refractivity contribution in [3.05, 3.63) is 11.3 Å². The number of halogens is 3. The molecule has 1 atom stereocenters. The Kier molecular flexibility index (Phi) is 4.57. The van der Waals surface area contributed by atoms with Crippen molar-refractivity contribution in [2.75, 3.05) is 13.2 Å². The zero-order chi connectivity index (χ0) is 19.7. The van der Waals surface area contributed by atoms with E-state index in [2.05, 4.69) is 0 Å². The SMILES string of the molecule is CC1(C)OB(C(F)=C2CCC3(CC2)C(C2CCOCC2)C3(F)F)OC1(C)C. The molecule has 2 saturated carbocycles. The van der Waals surface area contributed by atoms with Crippen LogP contribution in [0.5, 0.6) is 0 Å². The number of alkyl halides is 2. The molecule has 7 heteroatoms. The van der Waals surface area contributed by atoms with Crippen molar-refractivity contribution in [1.82, 2.24) is 0 Å². The summed E-state index contributed by atoms with van der Waals surface area (Å²) in [6.45, 7) is 8.67. The van der Waals surface area contributed by atoms with Crippen LogP contribution in [0.25, 0.3) is 0 Å². The standard InChI is InChI=1S/C20H30BF3O3/c1-17(2)18(3,4)27-21(26-17)16(22)14-5-9-19(10-6-14)15(20(19,23)24)13-7-11-25-12-8-13/h13,15H,5-12H2,1-4H3. The maximum atomic E-state index is 15.0. The van der Waals surface area contributed by atoms with E-state index >= 15 is 4.39 Å². The molecule has 1 spiro atoms. The summed E-state index contributed by atoms with van der Waals surface area (Å²) >= 11 is 0. The van der Waals surface area contributed by atoms with Crippen molar-refractivity contribution in [1.29, 1.82) is 0 Å². The van der Waals surface area contributed by atoms with Crippen molar-refractivity contribution < 1.29 is 27.2 Å². The fourth-order valence-electron chi connectivity index (χ4n) is 5.33. The van der Waals surface area contributed by atoms with Crippen LogP contribution in [0.1, 0.15) is 66.2 Å². The Hall–Kier alpha value is -0.525. The second-order valence-electron chi connectivity index (χ2n) is 9.75. The maximum Gasteiger partial charge on any atom is 0.525 e. The highest BCUT2D eigenvalue weighted by Gasteiger charge is 2.80. The quantitative estimate of drug-likeness (QED) is 0.619. The molecular formula is C20H30BF3O3. The van der Waals surface area contributed by atoms with Gasteiger partial charge in [-0.25, -0.2) is 13.2 Å². The van der Waals surface area contributed by atoms with Crippen LogP contribution in [0, 0.1) is 17.3 Å². The Morgan fingerprint density at radius 3 is 2.00 bits per heavy atom. The molecule has 0 amide bonds. The Morgan fingerprint density at radius 2 is 1.48 bits per heavy atom. The molecule has 152 valence electrons. The van der Waals surface area contributed by atoms with Crippen molar-refractivity contribution in [2.45, 2.75) is 83.3 Å². The maximum absolute atomic E-state index is 15.0. The summed E-state index contributed by atoms with van der Waals surface area (Å²) in [7, 11) is -1.02. The van der Waals surface area contributed by atoms with Gasteiger partial charge in [0, 0.05) is 24.5 Å². The predicted molar refractivity (Wildman–Crippen MR) is 97.1 cm³/mol. The van der Waals surface area contributed by atoms with Crippen LogP contribution in [-0.2, 0) is 14.0 Å². The number of rotatable bonds is 2. The van der Waals surface area contributed by atoms with E-state index in [1.807, 2.05) is 27.7 Å². The summed E-state index contributed by atoms with van der Waals surface area (Å²) in [5, 5.41) is 0. The summed E-state index contributed by atoms with van der Waals surface area (Å²) in [6, 6.07) is 0. The number of hydrogen-bond donors (Lipinski definition) is 0. The topological polar surface area (TPSA) is 27.7 Å². The van der Waals surface area contributed by atoms with Crippen LogP contribution in [-0.4, -0.2) is 37.5 Å². The molecule has 2 heterocycles. The molecule has 2 aliphatic heterocycles. The van der Waals surface area contributed by atoms with Gasteiger partial charge in [-0.3, -0.25) is 0 Å². The van der Waals surface area contributed by atoms with Gasteiger partial charge in [-0.15, -0.1) is 0 Å². The number of ether oxygens (including phenoxy) is 1. The van der Waals surface area contributed by atoms with E-state index in [1.165, 1.54) is 0 Å². The first-order valence-electron chi connectivity index (χ1n) is 10.2. The van der Waals surface area contributed by atoms with Crippen molar-refractivity contribution in [3.63, 3.8) is 0 Å². The Balaban J connectivity index is 1.45. The molecule has 4 fully saturated rings. The van der Waals surface area contributed by atoms with Crippen LogP contribution in [0.15, 0.2) is 11.3 Å². The van der Waals surface area contributed by atoms with Gasteiger partial charge < -0.3 is 14.0 Å². The molecule has 3 nitrogen and oxygen atoms in total. The van der Waals surface area contributed by atoms with Crippen LogP contribution >= 0.6 is 0 Å². The van der Waals surface area contributed by atoms with E-state index in [0.29, 0.717) is 57.3 Å². The van der Waals surface area contributed by atoms with E-state index in [0.717, 1.165) is 0 Å². The summed E-state index contributed by atoms with van der Waals surface area (Å²) < 4.78 is 61.4. The van der Waals surface area contributed by atoms with Gasteiger partial charge in [-0.2, -0.15) is 0 Å². The van der Waals surface area contributed by atoms with Crippen molar-refractivity contribution in [3.8, 4) is 0 Å². The van der Waals surface area contributed by atoms with Gasteiger partial charge in [-0.1, -0.05) is 0 Å². The lowest BCUT2D eigenvalue weighted by molar-refractivity contribution is 0.00578. The molecule has 4 aliphatic rings. The van der Waals surface area contributed by atoms with E-state index in [9.17, 15) is 8.78 Å². The first-order chi connectivity index (χ1) is 12.5. The molecule has 0 aromatic carbocycles. The molecule has 0 aromatic rings. The Labute approximate surface area is 160 Å². The van der Waals surface area contributed by atoms with Gasteiger partial charge in [0.15, 0.2) is 0 Å². The second kappa shape index (κ2) is 6.23. The molecule has 0 bridgehead atoms. The molecule has 0 N–H and O–H groups in total. The van der Waals surface area contributed by atoms with Gasteiger partial charge in [0.2, 0.25) is 0 Å². The van der Waals surface area contributed by atoms with Gasteiger partial charge in [0.25, 0.3) is 5.92 Å². The fourth-order valence-corrected chi connectivity index (χ4v) is 5.33. The zero-order valence-electron chi connectivity index (χ0n) is 16.7.